The molecule has 0 saturated carbocycles. The Kier molecular flexibility index (Phi) is 9.24. The number of ether oxygens (including phenoxy) is 2. The molecule has 0 radical (unpaired) electrons. The first-order chi connectivity index (χ1) is 16.0. The average Bonchev–Trinajstić information content (AvgIpc) is 2.77. The molecule has 0 heterocycles. The molecule has 0 aliphatic rings. The average molecular weight is 471 g/mol. The van der Waals surface area contributed by atoms with Crippen molar-refractivity contribution in [3.05, 3.63) is 63.7 Å². The van der Waals surface area contributed by atoms with Crippen molar-refractivity contribution in [2.45, 2.75) is 39.7 Å². The van der Waals surface area contributed by atoms with Crippen molar-refractivity contribution in [1.82, 2.24) is 0 Å². The van der Waals surface area contributed by atoms with Crippen LogP contribution in [0.1, 0.15) is 42.6 Å². The Morgan fingerprint density at radius 2 is 1.56 bits per heavy atom. The lowest BCUT2D eigenvalue weighted by molar-refractivity contribution is -0.385. The minimum Gasteiger partial charge on any atom is -0.459 e. The third kappa shape index (κ3) is 8.34. The van der Waals surface area contributed by atoms with E-state index in [1.54, 1.807) is 20.8 Å². The number of nitrogens with zero attached hydrogens (tertiary/aromatic N) is 1. The van der Waals surface area contributed by atoms with E-state index in [9.17, 15) is 29.3 Å². The van der Waals surface area contributed by atoms with E-state index in [0.717, 1.165) is 0 Å². The number of aryl methyl sites for hydroxylation is 1. The first-order valence-corrected chi connectivity index (χ1v) is 10.4. The van der Waals surface area contributed by atoms with Gasteiger partial charge in [0, 0.05) is 29.4 Å². The fraction of sp³-hybridized carbons (Fsp3) is 0.304. The van der Waals surface area contributed by atoms with Crippen LogP contribution < -0.4 is 10.6 Å². The Balaban J connectivity index is 1.74. The number of carbonyl (C=O) groups excluding carboxylic acids is 4. The van der Waals surface area contributed by atoms with Gasteiger partial charge in [-0.2, -0.15) is 0 Å². The molecule has 2 N–H and O–H groups in total. The number of amides is 2. The van der Waals surface area contributed by atoms with E-state index in [-0.39, 0.29) is 30.3 Å². The number of anilines is 2. The maximum Gasteiger partial charge on any atom is 0.338 e. The second-order valence-corrected chi connectivity index (χ2v) is 7.55. The van der Waals surface area contributed by atoms with E-state index in [1.807, 2.05) is 0 Å². The molecule has 0 unspecified atom stereocenters. The Morgan fingerprint density at radius 3 is 2.18 bits per heavy atom. The second kappa shape index (κ2) is 12.1. The van der Waals surface area contributed by atoms with Crippen molar-refractivity contribution in [3.63, 3.8) is 0 Å². The molecule has 2 aromatic carbocycles. The van der Waals surface area contributed by atoms with Crippen LogP contribution >= 0.6 is 0 Å². The van der Waals surface area contributed by atoms with Gasteiger partial charge in [-0.05, 0) is 51.1 Å². The second-order valence-electron chi connectivity index (χ2n) is 7.55. The molecule has 180 valence electrons. The summed E-state index contributed by atoms with van der Waals surface area (Å²) in [5.74, 6) is -2.36. The Morgan fingerprint density at radius 1 is 0.941 bits per heavy atom. The summed E-state index contributed by atoms with van der Waals surface area (Å²) in [6, 6.07) is 10.3. The van der Waals surface area contributed by atoms with Crippen molar-refractivity contribution in [1.29, 1.82) is 0 Å². The van der Waals surface area contributed by atoms with Gasteiger partial charge in [0.05, 0.1) is 23.0 Å². The van der Waals surface area contributed by atoms with Crippen LogP contribution in [0.3, 0.4) is 0 Å². The number of nitro benzene ring substituents is 1. The van der Waals surface area contributed by atoms with E-state index in [1.165, 1.54) is 42.5 Å². The SMILES string of the molecule is Cc1ccc(NC(=O)COC(=O)CCC(=O)Nc2ccc(C(=O)OC(C)C)cc2)cc1[N+](=O)[O-]. The lowest BCUT2D eigenvalue weighted by atomic mass is 10.2. The maximum absolute atomic E-state index is 12.0. The molecule has 0 atom stereocenters. The Hall–Kier alpha value is -4.28. The summed E-state index contributed by atoms with van der Waals surface area (Å²) < 4.78 is 9.92. The number of nitrogens with one attached hydrogen (secondary N) is 2. The minimum absolute atomic E-state index is 0.147. The summed E-state index contributed by atoms with van der Waals surface area (Å²) >= 11 is 0. The predicted molar refractivity (Wildman–Crippen MR) is 122 cm³/mol. The molecule has 11 nitrogen and oxygen atoms in total. The summed E-state index contributed by atoms with van der Waals surface area (Å²) in [5, 5.41) is 16.0. The van der Waals surface area contributed by atoms with Gasteiger partial charge in [-0.25, -0.2) is 4.79 Å². The lowest BCUT2D eigenvalue weighted by Crippen LogP contribution is -2.22. The topological polar surface area (TPSA) is 154 Å². The Bertz CT molecular complexity index is 1080. The van der Waals surface area contributed by atoms with Crippen LogP contribution in [0.5, 0.6) is 0 Å². The molecule has 0 fully saturated rings. The van der Waals surface area contributed by atoms with Gasteiger partial charge in [0.25, 0.3) is 11.6 Å². The zero-order valence-corrected chi connectivity index (χ0v) is 19.0. The van der Waals surface area contributed by atoms with Gasteiger partial charge < -0.3 is 20.1 Å². The quantitative estimate of drug-likeness (QED) is 0.304. The third-order valence-electron chi connectivity index (χ3n) is 4.36. The van der Waals surface area contributed by atoms with Crippen molar-refractivity contribution in [2.75, 3.05) is 17.2 Å². The van der Waals surface area contributed by atoms with Crippen LogP contribution in [-0.4, -0.2) is 41.4 Å². The summed E-state index contributed by atoms with van der Waals surface area (Å²) in [6.45, 7) is 4.45. The van der Waals surface area contributed by atoms with Gasteiger partial charge >= 0.3 is 11.9 Å². The lowest BCUT2D eigenvalue weighted by Gasteiger charge is -2.09. The predicted octanol–water partition coefficient (Wildman–Crippen LogP) is 3.37. The number of hydrogen-bond donors (Lipinski definition) is 2. The first-order valence-electron chi connectivity index (χ1n) is 10.4. The van der Waals surface area contributed by atoms with E-state index < -0.39 is 35.3 Å². The maximum atomic E-state index is 12.0. The number of rotatable bonds is 10. The highest BCUT2D eigenvalue weighted by Gasteiger charge is 2.15. The van der Waals surface area contributed by atoms with Crippen LogP contribution in [0.25, 0.3) is 0 Å². The molecule has 11 heteroatoms. The highest BCUT2D eigenvalue weighted by Crippen LogP contribution is 2.22. The molecular weight excluding hydrogens is 446 g/mol. The first kappa shape index (κ1) is 26.0. The molecule has 0 saturated heterocycles. The third-order valence-corrected chi connectivity index (χ3v) is 4.36. The molecule has 0 spiro atoms. The fourth-order valence-corrected chi connectivity index (χ4v) is 2.71. The molecule has 0 aliphatic carbocycles. The van der Waals surface area contributed by atoms with Crippen molar-refractivity contribution in [3.8, 4) is 0 Å². The number of esters is 2. The van der Waals surface area contributed by atoms with Gasteiger partial charge in [-0.15, -0.1) is 0 Å². The van der Waals surface area contributed by atoms with E-state index in [4.69, 9.17) is 9.47 Å². The number of carbonyl (C=O) groups is 4. The van der Waals surface area contributed by atoms with E-state index in [2.05, 4.69) is 10.6 Å². The van der Waals surface area contributed by atoms with Gasteiger partial charge in [-0.3, -0.25) is 24.5 Å². The molecule has 2 rings (SSSR count). The van der Waals surface area contributed by atoms with Crippen LogP contribution in [-0.2, 0) is 23.9 Å². The fourth-order valence-electron chi connectivity index (χ4n) is 2.71. The monoisotopic (exact) mass is 471 g/mol. The van der Waals surface area contributed by atoms with Gasteiger partial charge in [0.2, 0.25) is 5.91 Å². The largest absolute Gasteiger partial charge is 0.459 e. The van der Waals surface area contributed by atoms with Crippen LogP contribution in [0, 0.1) is 17.0 Å². The molecule has 0 bridgehead atoms. The van der Waals surface area contributed by atoms with Crippen LogP contribution in [0.2, 0.25) is 0 Å². The standard InChI is InChI=1S/C23H25N3O8/c1-14(2)34-23(30)16-5-8-17(9-6-16)24-20(27)10-11-22(29)33-13-21(28)25-18-7-4-15(3)19(12-18)26(31)32/h4-9,12,14H,10-11,13H2,1-3H3,(H,24,27)(H,25,28). The smallest absolute Gasteiger partial charge is 0.338 e. The number of nitro groups is 1. The molecule has 0 aliphatic heterocycles. The number of hydrogen-bond acceptors (Lipinski definition) is 8. The van der Waals surface area contributed by atoms with Gasteiger partial charge in [0.15, 0.2) is 6.61 Å². The molecular formula is C23H25N3O8. The van der Waals surface area contributed by atoms with Crippen LogP contribution in [0.4, 0.5) is 17.1 Å². The highest BCUT2D eigenvalue weighted by atomic mass is 16.6. The highest BCUT2D eigenvalue weighted by molar-refractivity contribution is 5.95. The summed E-state index contributed by atoms with van der Waals surface area (Å²) in [5.41, 5.74) is 1.27. The molecule has 34 heavy (non-hydrogen) atoms. The Labute approximate surface area is 195 Å². The minimum atomic E-state index is -0.757. The molecule has 2 amide bonds. The summed E-state index contributed by atoms with van der Waals surface area (Å²) in [4.78, 5) is 58.0. The van der Waals surface area contributed by atoms with Crippen molar-refractivity contribution in [2.24, 2.45) is 0 Å². The van der Waals surface area contributed by atoms with Gasteiger partial charge in [0.1, 0.15) is 0 Å². The summed E-state index contributed by atoms with van der Waals surface area (Å²) in [6.07, 6.45) is -0.683. The summed E-state index contributed by atoms with van der Waals surface area (Å²) in [7, 11) is 0. The van der Waals surface area contributed by atoms with Gasteiger partial charge in [-0.1, -0.05) is 6.07 Å². The van der Waals surface area contributed by atoms with E-state index >= 15 is 0 Å². The normalized spacial score (nSPS) is 10.4. The molecule has 2 aromatic rings. The van der Waals surface area contributed by atoms with E-state index in [0.29, 0.717) is 16.8 Å². The zero-order chi connectivity index (χ0) is 25.3. The zero-order valence-electron chi connectivity index (χ0n) is 19.0. The van der Waals surface area contributed by atoms with Crippen molar-refractivity contribution < 1.29 is 33.6 Å². The number of benzene rings is 2. The molecule has 0 aromatic heterocycles. The van der Waals surface area contributed by atoms with Crippen molar-refractivity contribution >= 4 is 40.8 Å². The van der Waals surface area contributed by atoms with Crippen LogP contribution in [0.15, 0.2) is 42.5 Å².